The Morgan fingerprint density at radius 2 is 2.10 bits per heavy atom. The van der Waals surface area contributed by atoms with Gasteiger partial charge in [-0.1, -0.05) is 6.07 Å². The maximum absolute atomic E-state index is 11.5. The third kappa shape index (κ3) is 2.51. The summed E-state index contributed by atoms with van der Waals surface area (Å²) in [7, 11) is 0. The zero-order valence-electron chi connectivity index (χ0n) is 11.6. The number of carbonyl (C=O) groups is 1. The van der Waals surface area contributed by atoms with Crippen molar-refractivity contribution in [2.75, 3.05) is 25.0 Å². The number of nitrogens with zero attached hydrogens (tertiary/aromatic N) is 1. The first-order chi connectivity index (χ1) is 9.67. The summed E-state index contributed by atoms with van der Waals surface area (Å²) in [5, 5.41) is 3.57. The summed E-state index contributed by atoms with van der Waals surface area (Å²) in [5.74, 6) is 0.328. The van der Waals surface area contributed by atoms with Gasteiger partial charge in [0.05, 0.1) is 0 Å². The molecule has 4 rings (SSSR count). The van der Waals surface area contributed by atoms with Crippen LogP contribution in [0, 0.1) is 5.92 Å². The third-order valence-corrected chi connectivity index (χ3v) is 4.60. The normalized spacial score (nSPS) is 28.4. The lowest BCUT2D eigenvalue weighted by Gasteiger charge is -2.45. The van der Waals surface area contributed by atoms with Crippen molar-refractivity contribution in [2.45, 2.75) is 25.4 Å². The Kier molecular flexibility index (Phi) is 3.63. The van der Waals surface area contributed by atoms with E-state index in [9.17, 15) is 4.79 Å². The van der Waals surface area contributed by atoms with Gasteiger partial charge in [0.25, 0.3) is 0 Å². The molecule has 0 aromatic heterocycles. The molecule has 0 radical (unpaired) electrons. The summed E-state index contributed by atoms with van der Waals surface area (Å²) >= 11 is 0. The fraction of sp³-hybridized carbons (Fsp3) is 0.533. The van der Waals surface area contributed by atoms with Gasteiger partial charge in [-0.05, 0) is 49.5 Å². The smallest absolute Gasteiger partial charge is 0.249 e. The highest BCUT2D eigenvalue weighted by atomic mass is 16.1. The number of benzene rings is 1. The molecule has 20 heavy (non-hydrogen) atoms. The van der Waals surface area contributed by atoms with E-state index in [4.69, 9.17) is 11.5 Å². The van der Waals surface area contributed by atoms with Gasteiger partial charge in [-0.3, -0.25) is 4.79 Å². The maximum atomic E-state index is 11.5. The minimum atomic E-state index is -0.414. The maximum Gasteiger partial charge on any atom is 0.249 e. The molecule has 0 spiro atoms. The molecule has 5 nitrogen and oxygen atoms in total. The van der Waals surface area contributed by atoms with Gasteiger partial charge < -0.3 is 21.7 Å². The monoisotopic (exact) mass is 274 g/mol. The van der Waals surface area contributed by atoms with Gasteiger partial charge in [0.2, 0.25) is 5.91 Å². The largest absolute Gasteiger partial charge is 0.381 e. The number of carbonyl (C=O) groups excluding carboxylic acids is 1. The standard InChI is InChI=1S/C15H22N4O/c16-8-11-1-2-12(7-13(11)15(17)20)18-14-9-19-5-3-10(14)4-6-19/h1-2,7,10,14,18H,3-6,8-9,16H2,(H2,17,20). The van der Waals surface area contributed by atoms with Gasteiger partial charge in [0.15, 0.2) is 0 Å². The molecule has 3 aliphatic rings. The number of primary amides is 1. The molecule has 1 amide bonds. The second-order valence-corrected chi connectivity index (χ2v) is 5.83. The van der Waals surface area contributed by atoms with Crippen LogP contribution in [0.25, 0.3) is 0 Å². The molecular weight excluding hydrogens is 252 g/mol. The minimum absolute atomic E-state index is 0.332. The van der Waals surface area contributed by atoms with Crippen molar-refractivity contribution in [1.29, 1.82) is 0 Å². The number of fused-ring (bicyclic) bond motifs is 3. The summed E-state index contributed by atoms with van der Waals surface area (Å²) < 4.78 is 0. The number of hydrogen-bond donors (Lipinski definition) is 3. The van der Waals surface area contributed by atoms with Crippen molar-refractivity contribution < 1.29 is 4.79 Å². The Hall–Kier alpha value is -1.59. The van der Waals surface area contributed by atoms with Crippen LogP contribution in [-0.2, 0) is 6.54 Å². The SMILES string of the molecule is NCc1ccc(NC2CN3CCC2CC3)cc1C(N)=O. The average molecular weight is 274 g/mol. The number of hydrogen-bond acceptors (Lipinski definition) is 4. The number of nitrogens with one attached hydrogen (secondary N) is 1. The number of amides is 1. The Morgan fingerprint density at radius 3 is 2.65 bits per heavy atom. The van der Waals surface area contributed by atoms with E-state index in [2.05, 4.69) is 10.2 Å². The van der Waals surface area contributed by atoms with Crippen LogP contribution in [0.2, 0.25) is 0 Å². The Balaban J connectivity index is 1.77. The minimum Gasteiger partial charge on any atom is -0.381 e. The lowest BCUT2D eigenvalue weighted by atomic mass is 9.84. The van der Waals surface area contributed by atoms with Crippen LogP contribution in [0.15, 0.2) is 18.2 Å². The summed E-state index contributed by atoms with van der Waals surface area (Å²) in [6.07, 6.45) is 2.53. The van der Waals surface area contributed by atoms with Crippen LogP contribution >= 0.6 is 0 Å². The molecule has 1 aromatic rings. The first-order valence-electron chi connectivity index (χ1n) is 7.29. The van der Waals surface area contributed by atoms with Gasteiger partial charge in [-0.25, -0.2) is 0 Å². The van der Waals surface area contributed by atoms with Crippen molar-refractivity contribution in [3.63, 3.8) is 0 Å². The van der Waals surface area contributed by atoms with Gasteiger partial charge in [-0.15, -0.1) is 0 Å². The highest BCUT2D eigenvalue weighted by Crippen LogP contribution is 2.30. The predicted molar refractivity (Wildman–Crippen MR) is 79.4 cm³/mol. The fourth-order valence-corrected chi connectivity index (χ4v) is 3.42. The van der Waals surface area contributed by atoms with Crippen LogP contribution in [-0.4, -0.2) is 36.5 Å². The van der Waals surface area contributed by atoms with Crippen molar-refractivity contribution in [3.8, 4) is 0 Å². The predicted octanol–water partition coefficient (Wildman–Crippen LogP) is 0.750. The van der Waals surface area contributed by atoms with E-state index in [1.165, 1.54) is 25.9 Å². The van der Waals surface area contributed by atoms with E-state index in [-0.39, 0.29) is 0 Å². The van der Waals surface area contributed by atoms with Crippen molar-refractivity contribution >= 4 is 11.6 Å². The van der Waals surface area contributed by atoms with E-state index >= 15 is 0 Å². The zero-order valence-corrected chi connectivity index (χ0v) is 11.6. The first-order valence-corrected chi connectivity index (χ1v) is 7.29. The Bertz CT molecular complexity index is 509. The van der Waals surface area contributed by atoms with Crippen LogP contribution < -0.4 is 16.8 Å². The average Bonchev–Trinajstić information content (AvgIpc) is 2.48. The molecule has 3 saturated heterocycles. The second kappa shape index (κ2) is 5.42. The van der Waals surface area contributed by atoms with Crippen LogP contribution in [0.5, 0.6) is 0 Å². The van der Waals surface area contributed by atoms with Crippen molar-refractivity contribution in [1.82, 2.24) is 4.90 Å². The van der Waals surface area contributed by atoms with Crippen molar-refractivity contribution in [3.05, 3.63) is 29.3 Å². The topological polar surface area (TPSA) is 84.4 Å². The molecule has 2 bridgehead atoms. The molecular formula is C15H22N4O. The summed E-state index contributed by atoms with van der Waals surface area (Å²) in [6, 6.07) is 6.19. The lowest BCUT2D eigenvalue weighted by molar-refractivity contribution is 0.0974. The lowest BCUT2D eigenvalue weighted by Crippen LogP contribution is -2.53. The van der Waals surface area contributed by atoms with E-state index in [1.807, 2.05) is 18.2 Å². The number of piperidine rings is 3. The molecule has 1 aromatic carbocycles. The molecule has 1 unspecified atom stereocenters. The molecule has 108 valence electrons. The van der Waals surface area contributed by atoms with Crippen LogP contribution in [0.3, 0.4) is 0 Å². The third-order valence-electron chi connectivity index (χ3n) is 4.60. The van der Waals surface area contributed by atoms with Gasteiger partial charge in [-0.2, -0.15) is 0 Å². The molecule has 0 saturated carbocycles. The summed E-state index contributed by atoms with van der Waals surface area (Å²) in [5.41, 5.74) is 13.4. The molecule has 3 fully saturated rings. The molecule has 5 N–H and O–H groups in total. The van der Waals surface area contributed by atoms with E-state index < -0.39 is 5.91 Å². The first kappa shape index (κ1) is 13.4. The van der Waals surface area contributed by atoms with Gasteiger partial charge >= 0.3 is 0 Å². The number of nitrogens with two attached hydrogens (primary N) is 2. The van der Waals surface area contributed by atoms with E-state index in [1.54, 1.807) is 0 Å². The second-order valence-electron chi connectivity index (χ2n) is 5.83. The molecule has 1 atom stereocenters. The van der Waals surface area contributed by atoms with Gasteiger partial charge in [0.1, 0.15) is 0 Å². The highest BCUT2D eigenvalue weighted by Gasteiger charge is 2.33. The fourth-order valence-electron chi connectivity index (χ4n) is 3.42. The number of rotatable bonds is 4. The van der Waals surface area contributed by atoms with Crippen molar-refractivity contribution in [2.24, 2.45) is 17.4 Å². The number of anilines is 1. The van der Waals surface area contributed by atoms with E-state index in [0.29, 0.717) is 18.2 Å². The Labute approximate surface area is 119 Å². The van der Waals surface area contributed by atoms with Crippen LogP contribution in [0.1, 0.15) is 28.8 Å². The van der Waals surface area contributed by atoms with Crippen LogP contribution in [0.4, 0.5) is 5.69 Å². The summed E-state index contributed by atoms with van der Waals surface area (Å²) in [4.78, 5) is 14.0. The van der Waals surface area contributed by atoms with Gasteiger partial charge in [0, 0.05) is 30.4 Å². The summed E-state index contributed by atoms with van der Waals surface area (Å²) in [6.45, 7) is 3.87. The Morgan fingerprint density at radius 1 is 1.35 bits per heavy atom. The quantitative estimate of drug-likeness (QED) is 0.756. The molecule has 5 heteroatoms. The molecule has 0 aliphatic carbocycles. The molecule has 3 heterocycles. The molecule has 3 aliphatic heterocycles. The highest BCUT2D eigenvalue weighted by molar-refractivity contribution is 5.95. The zero-order chi connectivity index (χ0) is 14.1. The van der Waals surface area contributed by atoms with E-state index in [0.717, 1.165) is 23.7 Å².